The van der Waals surface area contributed by atoms with E-state index in [1.807, 2.05) is 0 Å². The van der Waals surface area contributed by atoms with Gasteiger partial charge in [-0.2, -0.15) is 0 Å². The molecule has 0 aromatic carbocycles. The van der Waals surface area contributed by atoms with Gasteiger partial charge < -0.3 is 29.7 Å². The third kappa shape index (κ3) is 782. The number of carbonyl (C=O) groups excluding carboxylic acids is 3. The van der Waals surface area contributed by atoms with E-state index in [0.717, 1.165) is 20.8 Å². The summed E-state index contributed by atoms with van der Waals surface area (Å²) in [7, 11) is 0. The van der Waals surface area contributed by atoms with Crippen molar-refractivity contribution in [3.8, 4) is 0 Å². The van der Waals surface area contributed by atoms with Gasteiger partial charge in [0.25, 0.3) is 0 Å². The van der Waals surface area contributed by atoms with E-state index in [1.54, 1.807) is 0 Å². The van der Waals surface area contributed by atoms with Crippen LogP contribution in [0.5, 0.6) is 0 Å². The maximum Gasteiger partial charge on any atom is 0.0383 e. The molecule has 0 saturated carbocycles. The predicted octanol–water partition coefficient (Wildman–Crippen LogP) is -3.73. The number of carbonyl (C=O) groups is 3. The van der Waals surface area contributed by atoms with E-state index in [0.29, 0.717) is 0 Å². The van der Waals surface area contributed by atoms with Gasteiger partial charge in [-0.25, -0.2) is 0 Å². The monoisotopic (exact) mass is 229 g/mol. The fourth-order valence-electron chi connectivity index (χ4n) is 0. The molecule has 0 radical (unpaired) electrons. The summed E-state index contributed by atoms with van der Waals surface area (Å²) in [4.78, 5) is 26.7. The second kappa shape index (κ2) is 17.1. The molecule has 0 aromatic heterocycles. The second-order valence-corrected chi connectivity index (χ2v) is 1.47. The fraction of sp³-hybridized carbons (Fsp3) is 0.500. The van der Waals surface area contributed by atoms with Crippen LogP contribution in [0.25, 0.3) is 0 Å². The molecule has 0 rings (SSSR count). The van der Waals surface area contributed by atoms with E-state index in [-0.39, 0.29) is 17.4 Å². The van der Waals surface area contributed by atoms with Crippen LogP contribution in [0.4, 0.5) is 0 Å². The average molecular weight is 229 g/mol. The molecule has 0 N–H and O–H groups in total. The maximum atomic E-state index is 8.89. The summed E-state index contributed by atoms with van der Waals surface area (Å²) in [6.45, 7) is 2.92. The molecule has 0 unspecified atom stereocenters. The molecule has 78 valence electrons. The van der Waals surface area contributed by atoms with Gasteiger partial charge in [-0.05, 0) is 20.8 Å². The number of carboxylic acid groups (broad SMARTS) is 3. The van der Waals surface area contributed by atoms with Gasteiger partial charge in [0.05, 0.1) is 0 Å². The molecule has 0 amide bonds. The van der Waals surface area contributed by atoms with Crippen molar-refractivity contribution in [3.05, 3.63) is 0 Å². The summed E-state index contributed by atoms with van der Waals surface area (Å²) in [6, 6.07) is 0. The Morgan fingerprint density at radius 3 is 0.692 bits per heavy atom. The molecule has 0 atom stereocenters. The van der Waals surface area contributed by atoms with Crippen molar-refractivity contribution in [1.29, 1.82) is 0 Å². The van der Waals surface area contributed by atoms with Crippen LogP contribution in [-0.2, 0) is 31.7 Å². The van der Waals surface area contributed by atoms with Crippen LogP contribution in [0.1, 0.15) is 20.8 Å². The standard InChI is InChI=1S/3C2H4O2.Cr/c3*1-2(3)4;/h3*1H3,(H,3,4);/p-3. The van der Waals surface area contributed by atoms with E-state index in [9.17, 15) is 0 Å². The van der Waals surface area contributed by atoms with Gasteiger partial charge >= 0.3 is 0 Å². The van der Waals surface area contributed by atoms with Crippen LogP contribution in [0.2, 0.25) is 0 Å². The van der Waals surface area contributed by atoms with Crippen molar-refractivity contribution in [2.24, 2.45) is 0 Å². The summed E-state index contributed by atoms with van der Waals surface area (Å²) in [5.41, 5.74) is 0. The molecular weight excluding hydrogens is 220 g/mol. The third-order valence-electron chi connectivity index (χ3n) is 0. The number of hydrogen-bond acceptors (Lipinski definition) is 6. The molecular formula is C6H9CrO6-3. The molecule has 0 bridgehead atoms. The summed E-state index contributed by atoms with van der Waals surface area (Å²) in [6.07, 6.45) is 0. The Bertz CT molecular complexity index is 115. The summed E-state index contributed by atoms with van der Waals surface area (Å²) >= 11 is 0. The Labute approximate surface area is 86.3 Å². The molecule has 0 saturated heterocycles. The van der Waals surface area contributed by atoms with Crippen molar-refractivity contribution in [2.45, 2.75) is 20.8 Å². The van der Waals surface area contributed by atoms with Crippen LogP contribution < -0.4 is 15.3 Å². The van der Waals surface area contributed by atoms with Crippen molar-refractivity contribution in [2.75, 3.05) is 0 Å². The summed E-state index contributed by atoms with van der Waals surface area (Å²) in [5, 5.41) is 26.7. The Kier molecular flexibility index (Phi) is 29.9. The minimum absolute atomic E-state index is 0. The van der Waals surface area contributed by atoms with E-state index in [2.05, 4.69) is 0 Å². The molecule has 0 aromatic rings. The van der Waals surface area contributed by atoms with Gasteiger partial charge in [0.2, 0.25) is 0 Å². The van der Waals surface area contributed by atoms with Crippen molar-refractivity contribution in [3.63, 3.8) is 0 Å². The van der Waals surface area contributed by atoms with E-state index >= 15 is 0 Å². The molecule has 7 heteroatoms. The number of hydrogen-bond donors (Lipinski definition) is 0. The van der Waals surface area contributed by atoms with Crippen LogP contribution in [0, 0.1) is 0 Å². The molecule has 0 aliphatic carbocycles. The second-order valence-electron chi connectivity index (χ2n) is 1.47. The van der Waals surface area contributed by atoms with Gasteiger partial charge in [0.1, 0.15) is 0 Å². The smallest absolute Gasteiger partial charge is 0.0383 e. The van der Waals surface area contributed by atoms with Crippen molar-refractivity contribution >= 4 is 17.9 Å². The van der Waals surface area contributed by atoms with Gasteiger partial charge in [0.15, 0.2) is 0 Å². The molecule has 0 fully saturated rings. The first kappa shape index (κ1) is 22.7. The zero-order chi connectivity index (χ0) is 10.7. The zero-order valence-corrected chi connectivity index (χ0v) is 8.63. The van der Waals surface area contributed by atoms with E-state index in [1.165, 1.54) is 0 Å². The van der Waals surface area contributed by atoms with Crippen LogP contribution in [0.3, 0.4) is 0 Å². The molecule has 0 heterocycles. The fourth-order valence-corrected chi connectivity index (χ4v) is 0. The summed E-state index contributed by atoms with van der Waals surface area (Å²) < 4.78 is 0. The van der Waals surface area contributed by atoms with E-state index < -0.39 is 17.9 Å². The molecule has 13 heavy (non-hydrogen) atoms. The quantitative estimate of drug-likeness (QED) is 0.421. The van der Waals surface area contributed by atoms with Gasteiger partial charge in [0, 0.05) is 35.3 Å². The Hall–Kier alpha value is -1.06. The number of aliphatic carboxylic acids is 3. The predicted molar refractivity (Wildman–Crippen MR) is 32.0 cm³/mol. The van der Waals surface area contributed by atoms with Crippen LogP contribution >= 0.6 is 0 Å². The van der Waals surface area contributed by atoms with Crippen molar-refractivity contribution < 1.29 is 47.1 Å². The van der Waals surface area contributed by atoms with E-state index in [4.69, 9.17) is 29.7 Å². The zero-order valence-electron chi connectivity index (χ0n) is 7.36. The Morgan fingerprint density at radius 2 is 0.692 bits per heavy atom. The molecule has 6 nitrogen and oxygen atoms in total. The largest absolute Gasteiger partial charge is 0.550 e. The van der Waals surface area contributed by atoms with Gasteiger partial charge in [-0.3, -0.25) is 0 Å². The molecule has 0 aliphatic heterocycles. The SMILES string of the molecule is CC(=O)[O-].CC(=O)[O-].CC(=O)[O-].[Cr]. The Balaban J connectivity index is -0.0000000450. The number of carboxylic acids is 3. The molecule has 0 spiro atoms. The first-order valence-electron chi connectivity index (χ1n) is 2.72. The molecule has 0 aliphatic rings. The van der Waals surface area contributed by atoms with Crippen LogP contribution in [-0.4, -0.2) is 17.9 Å². The average Bonchev–Trinajstić information content (AvgIpc) is 1.54. The van der Waals surface area contributed by atoms with Gasteiger partial charge in [-0.15, -0.1) is 0 Å². The first-order valence-corrected chi connectivity index (χ1v) is 2.72. The van der Waals surface area contributed by atoms with Crippen molar-refractivity contribution in [1.82, 2.24) is 0 Å². The first-order chi connectivity index (χ1) is 5.20. The maximum absolute atomic E-state index is 8.89. The minimum Gasteiger partial charge on any atom is -0.550 e. The third-order valence-corrected chi connectivity index (χ3v) is 0. The topological polar surface area (TPSA) is 120 Å². The minimum atomic E-state index is -1.08. The summed E-state index contributed by atoms with van der Waals surface area (Å²) in [5.74, 6) is -3.25. The van der Waals surface area contributed by atoms with Crippen LogP contribution in [0.15, 0.2) is 0 Å². The Morgan fingerprint density at radius 1 is 0.692 bits per heavy atom. The number of rotatable bonds is 0. The normalized spacial score (nSPS) is 5.77. The van der Waals surface area contributed by atoms with Gasteiger partial charge in [-0.1, -0.05) is 0 Å².